The van der Waals surface area contributed by atoms with Crippen LogP contribution in [0.3, 0.4) is 0 Å². The number of Topliss-reactive ketones (excluding diaryl/α,β-unsaturated/α-hetero) is 1. The van der Waals surface area contributed by atoms with Crippen molar-refractivity contribution in [2.45, 2.75) is 6.42 Å². The molecule has 0 aromatic heterocycles. The number of rotatable bonds is 4. The average molecular weight is 204 g/mol. The Morgan fingerprint density at radius 2 is 1.91 bits per heavy atom. The van der Waals surface area contributed by atoms with Gasteiger partial charge in [-0.3, -0.25) is 4.79 Å². The minimum Gasteiger partial charge on any atom is -0.542 e. The number of hydrogen-bond acceptors (Lipinski definition) is 4. The summed E-state index contributed by atoms with van der Waals surface area (Å²) in [6, 6.07) is 0. The number of carbonyl (C=O) groups is 2. The first-order valence-electron chi connectivity index (χ1n) is 2.41. The molecule has 6 heteroatoms. The minimum atomic E-state index is -1.58. The molecule has 11 heavy (non-hydrogen) atoms. The molecule has 0 rings (SSSR count). The van der Waals surface area contributed by atoms with Crippen LogP contribution in [0.4, 0.5) is 0 Å². The Morgan fingerprint density at radius 3 is 2.18 bits per heavy atom. The first-order valence-corrected chi connectivity index (χ1v) is 3.81. The van der Waals surface area contributed by atoms with Crippen LogP contribution in [0, 0.1) is 0 Å². The molecule has 0 aromatic carbocycles. The predicted octanol–water partition coefficient (Wildman–Crippen LogP) is -4.76. The first-order chi connectivity index (χ1) is 4.18. The zero-order chi connectivity index (χ0) is 7.28. The molecule has 0 aromatic rings. The maximum absolute atomic E-state index is 10.2. The van der Waals surface area contributed by atoms with Crippen molar-refractivity contribution < 1.29 is 71.6 Å². The Morgan fingerprint density at radius 1 is 1.45 bits per heavy atom. The van der Waals surface area contributed by atoms with Gasteiger partial charge in [-0.1, -0.05) is 0 Å². The summed E-state index contributed by atoms with van der Waals surface area (Å²) in [7, 11) is 0. The second-order valence-corrected chi connectivity index (χ2v) is 2.44. The second kappa shape index (κ2) is 11.1. The number of ketones is 1. The van der Waals surface area contributed by atoms with Gasteiger partial charge in [-0.25, -0.2) is 0 Å². The molecule has 0 unspecified atom stereocenters. The third-order valence-electron chi connectivity index (χ3n) is 0.761. The van der Waals surface area contributed by atoms with E-state index in [1.807, 2.05) is 6.26 Å². The van der Waals surface area contributed by atoms with Gasteiger partial charge in [0.15, 0.2) is 5.78 Å². The summed E-state index contributed by atoms with van der Waals surface area (Å²) < 4.78 is 0. The van der Waals surface area contributed by atoms with Gasteiger partial charge in [0, 0.05) is 12.2 Å². The molecule has 0 saturated carbocycles. The van der Waals surface area contributed by atoms with Crippen molar-refractivity contribution in [3.05, 3.63) is 0 Å². The van der Waals surface area contributed by atoms with Gasteiger partial charge in [-0.05, 0) is 6.26 Å². The van der Waals surface area contributed by atoms with Crippen LogP contribution in [0.1, 0.15) is 6.42 Å². The van der Waals surface area contributed by atoms with Gasteiger partial charge in [0.25, 0.3) is 0 Å². The summed E-state index contributed by atoms with van der Waals surface area (Å²) >= 11 is 1.44. The van der Waals surface area contributed by atoms with E-state index in [2.05, 4.69) is 0 Å². The molecule has 0 saturated heterocycles. The molecule has 0 spiro atoms. The van der Waals surface area contributed by atoms with E-state index in [9.17, 15) is 14.7 Å². The molecular formula is C5H9KO4S. The van der Waals surface area contributed by atoms with Gasteiger partial charge in [0.1, 0.15) is 5.97 Å². The number of thioether (sulfide) groups is 1. The molecule has 0 aliphatic rings. The standard InChI is InChI=1S/C5H8O3S.K.H2O/c1-9-3-2-4(6)5(7)8;;/h2-3H2,1H3,(H,7,8);;1H2/q;+1;/p-1. The van der Waals surface area contributed by atoms with E-state index in [-0.39, 0.29) is 63.3 Å². The SMILES string of the molecule is CSCCC(=O)C(=O)[O-].O.[K+]. The summed E-state index contributed by atoms with van der Waals surface area (Å²) in [4.78, 5) is 20.0. The Bertz CT molecular complexity index is 128. The maximum atomic E-state index is 10.2. The van der Waals surface area contributed by atoms with Gasteiger partial charge in [0.05, 0.1) is 0 Å². The normalized spacial score (nSPS) is 7.36. The molecule has 0 heterocycles. The van der Waals surface area contributed by atoms with Gasteiger partial charge in [0.2, 0.25) is 0 Å². The molecule has 2 N–H and O–H groups in total. The van der Waals surface area contributed by atoms with E-state index in [1.54, 1.807) is 0 Å². The number of carboxylic acids is 1. The van der Waals surface area contributed by atoms with E-state index < -0.39 is 11.8 Å². The summed E-state index contributed by atoms with van der Waals surface area (Å²) in [5.74, 6) is -1.85. The second-order valence-electron chi connectivity index (χ2n) is 1.45. The molecule has 60 valence electrons. The number of hydrogen-bond donors (Lipinski definition) is 0. The van der Waals surface area contributed by atoms with Crippen LogP contribution in [0.15, 0.2) is 0 Å². The van der Waals surface area contributed by atoms with Crippen LogP contribution >= 0.6 is 11.8 Å². The van der Waals surface area contributed by atoms with Crippen molar-refractivity contribution >= 4 is 23.5 Å². The van der Waals surface area contributed by atoms with Crippen LogP contribution in [0.25, 0.3) is 0 Å². The van der Waals surface area contributed by atoms with E-state index in [1.165, 1.54) is 11.8 Å². The van der Waals surface area contributed by atoms with Crippen LogP contribution in [0.5, 0.6) is 0 Å². The van der Waals surface area contributed by atoms with Crippen LogP contribution in [0.2, 0.25) is 0 Å². The Kier molecular flexibility index (Phi) is 18.1. The molecular weight excluding hydrogens is 195 g/mol. The van der Waals surface area contributed by atoms with Crippen LogP contribution in [-0.2, 0) is 9.59 Å². The Labute approximate surface area is 112 Å². The monoisotopic (exact) mass is 204 g/mol. The Hall–Kier alpha value is 1.09. The fourth-order valence-corrected chi connectivity index (χ4v) is 0.686. The quantitative estimate of drug-likeness (QED) is 0.340. The van der Waals surface area contributed by atoms with E-state index in [0.29, 0.717) is 5.75 Å². The predicted molar refractivity (Wildman–Crippen MR) is 36.6 cm³/mol. The van der Waals surface area contributed by atoms with Crippen molar-refractivity contribution in [1.29, 1.82) is 0 Å². The van der Waals surface area contributed by atoms with E-state index in [0.717, 1.165) is 0 Å². The Balaban J connectivity index is -0.000000320. The van der Waals surface area contributed by atoms with E-state index in [4.69, 9.17) is 0 Å². The van der Waals surface area contributed by atoms with Crippen LogP contribution in [-0.4, -0.2) is 29.2 Å². The molecule has 0 radical (unpaired) electrons. The van der Waals surface area contributed by atoms with Gasteiger partial charge in [-0.15, -0.1) is 0 Å². The summed E-state index contributed by atoms with van der Waals surface area (Å²) in [6.07, 6.45) is 1.88. The topological polar surface area (TPSA) is 88.7 Å². The summed E-state index contributed by atoms with van der Waals surface area (Å²) in [5, 5.41) is 9.74. The summed E-state index contributed by atoms with van der Waals surface area (Å²) in [5.41, 5.74) is 0. The zero-order valence-electron chi connectivity index (χ0n) is 6.55. The summed E-state index contributed by atoms with van der Waals surface area (Å²) in [6.45, 7) is 0. The molecule has 0 bridgehead atoms. The maximum Gasteiger partial charge on any atom is 1.00 e. The molecule has 0 fully saturated rings. The van der Waals surface area contributed by atoms with E-state index >= 15 is 0 Å². The smallest absolute Gasteiger partial charge is 0.542 e. The third-order valence-corrected chi connectivity index (χ3v) is 1.37. The molecule has 0 aliphatic heterocycles. The van der Waals surface area contributed by atoms with Crippen molar-refractivity contribution in [1.82, 2.24) is 0 Å². The van der Waals surface area contributed by atoms with Crippen molar-refractivity contribution in [3.8, 4) is 0 Å². The number of carbonyl (C=O) groups excluding carboxylic acids is 2. The fraction of sp³-hybridized carbons (Fsp3) is 0.600. The van der Waals surface area contributed by atoms with Gasteiger partial charge < -0.3 is 15.4 Å². The third kappa shape index (κ3) is 11.1. The molecule has 0 aliphatic carbocycles. The average Bonchev–Trinajstić information content (AvgIpc) is 1.82. The number of aliphatic carboxylic acids is 1. The van der Waals surface area contributed by atoms with Crippen molar-refractivity contribution in [2.75, 3.05) is 12.0 Å². The largest absolute Gasteiger partial charge is 1.00 e. The van der Waals surface area contributed by atoms with Crippen molar-refractivity contribution in [3.63, 3.8) is 0 Å². The fourth-order valence-electron chi connectivity index (χ4n) is 0.297. The number of carboxylic acid groups (broad SMARTS) is 1. The molecule has 4 nitrogen and oxygen atoms in total. The first kappa shape index (κ1) is 18.0. The molecule has 0 amide bonds. The van der Waals surface area contributed by atoms with Gasteiger partial charge in [-0.2, -0.15) is 11.8 Å². The van der Waals surface area contributed by atoms with Gasteiger partial charge >= 0.3 is 51.4 Å². The minimum absolute atomic E-state index is 0. The zero-order valence-corrected chi connectivity index (χ0v) is 10.5. The molecule has 0 atom stereocenters. The van der Waals surface area contributed by atoms with Crippen molar-refractivity contribution in [2.24, 2.45) is 0 Å². The van der Waals surface area contributed by atoms with Crippen LogP contribution < -0.4 is 56.5 Å².